The molecule has 140 valence electrons. The highest BCUT2D eigenvalue weighted by Crippen LogP contribution is 2.24. The lowest BCUT2D eigenvalue weighted by Crippen LogP contribution is -1.99. The highest BCUT2D eigenvalue weighted by Gasteiger charge is 2.10. The van der Waals surface area contributed by atoms with Gasteiger partial charge in [0.25, 0.3) is 0 Å². The fourth-order valence-electron chi connectivity index (χ4n) is 3.07. The number of nitrogens with zero attached hydrogens (tertiary/aromatic N) is 6. The van der Waals surface area contributed by atoms with E-state index in [2.05, 4.69) is 31.3 Å². The Morgan fingerprint density at radius 3 is 2.48 bits per heavy atom. The number of rotatable bonds is 5. The van der Waals surface area contributed by atoms with E-state index in [4.69, 9.17) is 4.52 Å². The van der Waals surface area contributed by atoms with Gasteiger partial charge in [0.2, 0.25) is 0 Å². The number of hydrogen-bond donors (Lipinski definition) is 0. The molecule has 29 heavy (non-hydrogen) atoms. The van der Waals surface area contributed by atoms with Crippen molar-refractivity contribution in [3.63, 3.8) is 0 Å². The van der Waals surface area contributed by atoms with Crippen molar-refractivity contribution < 1.29 is 4.52 Å². The van der Waals surface area contributed by atoms with E-state index in [0.29, 0.717) is 18.0 Å². The topological polar surface area (TPSA) is 82.5 Å². The summed E-state index contributed by atoms with van der Waals surface area (Å²) in [6.45, 7) is 0.490. The zero-order valence-electron chi connectivity index (χ0n) is 15.4. The van der Waals surface area contributed by atoms with Gasteiger partial charge >= 0.3 is 0 Å². The van der Waals surface area contributed by atoms with Gasteiger partial charge in [0.1, 0.15) is 12.2 Å². The van der Waals surface area contributed by atoms with Crippen LogP contribution < -0.4 is 0 Å². The molecule has 0 saturated carbocycles. The third-order valence-electron chi connectivity index (χ3n) is 4.46. The lowest BCUT2D eigenvalue weighted by atomic mass is 10.1. The second kappa shape index (κ2) is 7.47. The standard InChI is InChI=1S/C22H16N6O/c1-2-8-24-20(6-1)21-13-18(29-27-21)15-28-11-7-19(26-28)16-4-3-5-17(12-16)22-14-23-9-10-25-22/h1-14H,15H2. The normalized spacial score (nSPS) is 10.9. The smallest absolute Gasteiger partial charge is 0.158 e. The average molecular weight is 380 g/mol. The summed E-state index contributed by atoms with van der Waals surface area (Å²) in [7, 11) is 0. The molecule has 0 aliphatic rings. The second-order valence-corrected chi connectivity index (χ2v) is 6.46. The molecule has 5 rings (SSSR count). The van der Waals surface area contributed by atoms with Gasteiger partial charge in [-0.15, -0.1) is 0 Å². The van der Waals surface area contributed by atoms with E-state index in [9.17, 15) is 0 Å². The van der Waals surface area contributed by atoms with Gasteiger partial charge in [-0.2, -0.15) is 5.10 Å². The Hall–Kier alpha value is -4.13. The van der Waals surface area contributed by atoms with Crippen LogP contribution in [0, 0.1) is 0 Å². The van der Waals surface area contributed by atoms with Gasteiger partial charge in [0, 0.05) is 42.0 Å². The molecule has 0 bridgehead atoms. The van der Waals surface area contributed by atoms with E-state index in [1.54, 1.807) is 24.8 Å². The molecule has 4 aromatic heterocycles. The molecule has 0 unspecified atom stereocenters. The van der Waals surface area contributed by atoms with Crippen molar-refractivity contribution in [3.05, 3.63) is 91.3 Å². The van der Waals surface area contributed by atoms with Gasteiger partial charge < -0.3 is 4.52 Å². The summed E-state index contributed by atoms with van der Waals surface area (Å²) in [6, 6.07) is 17.7. The molecule has 1 aromatic carbocycles. The first-order valence-corrected chi connectivity index (χ1v) is 9.12. The summed E-state index contributed by atoms with van der Waals surface area (Å²) in [6.07, 6.45) is 8.76. The third-order valence-corrected chi connectivity index (χ3v) is 4.46. The van der Waals surface area contributed by atoms with Crippen molar-refractivity contribution in [1.82, 2.24) is 29.9 Å². The van der Waals surface area contributed by atoms with E-state index in [1.807, 2.05) is 59.4 Å². The first kappa shape index (κ1) is 17.0. The molecule has 7 nitrogen and oxygen atoms in total. The van der Waals surface area contributed by atoms with Crippen molar-refractivity contribution in [2.24, 2.45) is 0 Å². The summed E-state index contributed by atoms with van der Waals surface area (Å²) in [5.41, 5.74) is 5.21. The van der Waals surface area contributed by atoms with E-state index >= 15 is 0 Å². The summed E-state index contributed by atoms with van der Waals surface area (Å²) in [5, 5.41) is 8.77. The van der Waals surface area contributed by atoms with Gasteiger partial charge in [-0.25, -0.2) is 0 Å². The maximum absolute atomic E-state index is 5.45. The lowest BCUT2D eigenvalue weighted by Gasteiger charge is -2.03. The predicted octanol–water partition coefficient (Wildman–Crippen LogP) is 4.11. The Labute approximate surface area is 166 Å². The number of pyridine rings is 1. The molecular formula is C22H16N6O. The minimum atomic E-state index is 0.490. The molecule has 0 N–H and O–H groups in total. The Morgan fingerprint density at radius 1 is 0.759 bits per heavy atom. The number of aromatic nitrogens is 6. The molecule has 0 fully saturated rings. The van der Waals surface area contributed by atoms with Crippen LogP contribution in [0.5, 0.6) is 0 Å². The molecule has 5 aromatic rings. The Bertz CT molecular complexity index is 1230. The minimum Gasteiger partial charge on any atom is -0.359 e. The van der Waals surface area contributed by atoms with E-state index < -0.39 is 0 Å². The highest BCUT2D eigenvalue weighted by molar-refractivity contribution is 5.68. The van der Waals surface area contributed by atoms with E-state index in [1.165, 1.54) is 0 Å². The zero-order chi connectivity index (χ0) is 19.5. The molecule has 0 amide bonds. The first-order chi connectivity index (χ1) is 14.3. The molecule has 4 heterocycles. The Morgan fingerprint density at radius 2 is 1.66 bits per heavy atom. The van der Waals surface area contributed by atoms with Crippen molar-refractivity contribution >= 4 is 0 Å². The van der Waals surface area contributed by atoms with Crippen LogP contribution in [-0.2, 0) is 6.54 Å². The van der Waals surface area contributed by atoms with Crippen LogP contribution in [0.4, 0.5) is 0 Å². The van der Waals surface area contributed by atoms with Crippen molar-refractivity contribution in [2.45, 2.75) is 6.54 Å². The molecule has 0 radical (unpaired) electrons. The third kappa shape index (κ3) is 3.66. The van der Waals surface area contributed by atoms with Gasteiger partial charge in [-0.1, -0.05) is 29.4 Å². The van der Waals surface area contributed by atoms with Crippen LogP contribution in [-0.4, -0.2) is 29.9 Å². The highest BCUT2D eigenvalue weighted by atomic mass is 16.5. The Balaban J connectivity index is 1.36. The summed E-state index contributed by atoms with van der Waals surface area (Å²) in [5.74, 6) is 0.716. The van der Waals surface area contributed by atoms with Gasteiger partial charge in [-0.3, -0.25) is 19.6 Å². The molecule has 0 atom stereocenters. The van der Waals surface area contributed by atoms with Crippen LogP contribution in [0.2, 0.25) is 0 Å². The fourth-order valence-corrected chi connectivity index (χ4v) is 3.07. The predicted molar refractivity (Wildman–Crippen MR) is 108 cm³/mol. The van der Waals surface area contributed by atoms with Gasteiger partial charge in [0.15, 0.2) is 5.76 Å². The van der Waals surface area contributed by atoms with Crippen LogP contribution in [0.15, 0.2) is 90.1 Å². The van der Waals surface area contributed by atoms with Gasteiger partial charge in [-0.05, 0) is 24.3 Å². The summed E-state index contributed by atoms with van der Waals surface area (Å²) in [4.78, 5) is 12.8. The number of hydrogen-bond acceptors (Lipinski definition) is 6. The van der Waals surface area contributed by atoms with E-state index in [-0.39, 0.29) is 0 Å². The average Bonchev–Trinajstić information content (AvgIpc) is 3.45. The monoisotopic (exact) mass is 380 g/mol. The first-order valence-electron chi connectivity index (χ1n) is 9.12. The summed E-state index contributed by atoms with van der Waals surface area (Å²) < 4.78 is 7.28. The number of benzene rings is 1. The molecule has 0 spiro atoms. The van der Waals surface area contributed by atoms with Crippen molar-refractivity contribution in [2.75, 3.05) is 0 Å². The van der Waals surface area contributed by atoms with Gasteiger partial charge in [0.05, 0.1) is 23.3 Å². The molecular weight excluding hydrogens is 364 g/mol. The van der Waals surface area contributed by atoms with Crippen molar-refractivity contribution in [1.29, 1.82) is 0 Å². The SMILES string of the molecule is c1ccc(-c2cc(Cn3ccc(-c4cccc(-c5cnccn5)c4)n3)on2)nc1. The minimum absolute atomic E-state index is 0.490. The largest absolute Gasteiger partial charge is 0.359 e. The van der Waals surface area contributed by atoms with Crippen LogP contribution in [0.3, 0.4) is 0 Å². The fraction of sp³-hybridized carbons (Fsp3) is 0.0455. The maximum atomic E-state index is 5.45. The quantitative estimate of drug-likeness (QED) is 0.456. The van der Waals surface area contributed by atoms with Crippen LogP contribution in [0.25, 0.3) is 33.9 Å². The molecule has 0 saturated heterocycles. The maximum Gasteiger partial charge on any atom is 0.158 e. The Kier molecular flexibility index (Phi) is 4.38. The second-order valence-electron chi connectivity index (χ2n) is 6.46. The van der Waals surface area contributed by atoms with Crippen LogP contribution >= 0.6 is 0 Å². The zero-order valence-corrected chi connectivity index (χ0v) is 15.4. The molecule has 0 aliphatic carbocycles. The summed E-state index contributed by atoms with van der Waals surface area (Å²) >= 11 is 0. The molecule has 0 aliphatic heterocycles. The van der Waals surface area contributed by atoms with Crippen LogP contribution in [0.1, 0.15) is 5.76 Å². The van der Waals surface area contributed by atoms with E-state index in [0.717, 1.165) is 28.2 Å². The lowest BCUT2D eigenvalue weighted by molar-refractivity contribution is 0.373. The van der Waals surface area contributed by atoms with Crippen molar-refractivity contribution in [3.8, 4) is 33.9 Å². The molecule has 7 heteroatoms.